The predicted octanol–water partition coefficient (Wildman–Crippen LogP) is 2.85. The Labute approximate surface area is 122 Å². The highest BCUT2D eigenvalue weighted by Gasteiger charge is 2.20. The fraction of sp³-hybridized carbons (Fsp3) is 0. The number of hydrogen-bond donors (Lipinski definition) is 2. The highest BCUT2D eigenvalue weighted by molar-refractivity contribution is 6.30. The standard InChI is InChI=1S/C13H8ClFN4O2/c14-6-1-4-9(17-5-6)19-13(20)12-10(16)11-7(21-12)2-3-8(15)18-11/h1-5H,16H2,(H,17,19,20). The lowest BCUT2D eigenvalue weighted by molar-refractivity contribution is 0.0999. The fourth-order valence-corrected chi connectivity index (χ4v) is 1.87. The molecule has 8 heteroatoms. The van der Waals surface area contributed by atoms with E-state index in [1.54, 1.807) is 6.07 Å². The Hall–Kier alpha value is -2.67. The maximum absolute atomic E-state index is 13.1. The van der Waals surface area contributed by atoms with Crippen LogP contribution in [0.3, 0.4) is 0 Å². The van der Waals surface area contributed by atoms with Crippen LogP contribution >= 0.6 is 11.6 Å². The summed E-state index contributed by atoms with van der Waals surface area (Å²) in [6, 6.07) is 5.57. The summed E-state index contributed by atoms with van der Waals surface area (Å²) < 4.78 is 18.4. The van der Waals surface area contributed by atoms with Gasteiger partial charge in [0.15, 0.2) is 5.58 Å². The van der Waals surface area contributed by atoms with Crippen molar-refractivity contribution in [2.75, 3.05) is 11.1 Å². The number of furan rings is 1. The molecule has 0 aliphatic carbocycles. The van der Waals surface area contributed by atoms with Gasteiger partial charge in [-0.1, -0.05) is 11.6 Å². The van der Waals surface area contributed by atoms with Crippen LogP contribution in [0.15, 0.2) is 34.9 Å². The van der Waals surface area contributed by atoms with Gasteiger partial charge < -0.3 is 15.5 Å². The Kier molecular flexibility index (Phi) is 3.19. The molecule has 6 nitrogen and oxygen atoms in total. The number of anilines is 2. The van der Waals surface area contributed by atoms with Crippen LogP contribution in [-0.2, 0) is 0 Å². The molecule has 0 bridgehead atoms. The number of nitrogens with one attached hydrogen (secondary N) is 1. The Bertz CT molecular complexity index is 832. The Balaban J connectivity index is 1.94. The third-order valence-electron chi connectivity index (χ3n) is 2.71. The van der Waals surface area contributed by atoms with Crippen molar-refractivity contribution in [1.82, 2.24) is 9.97 Å². The summed E-state index contributed by atoms with van der Waals surface area (Å²) >= 11 is 5.70. The van der Waals surface area contributed by atoms with Gasteiger partial charge in [0.05, 0.1) is 5.02 Å². The lowest BCUT2D eigenvalue weighted by Crippen LogP contribution is -2.13. The molecule has 0 aliphatic heterocycles. The number of pyridine rings is 2. The maximum Gasteiger partial charge on any atom is 0.294 e. The number of carbonyl (C=O) groups is 1. The summed E-state index contributed by atoms with van der Waals surface area (Å²) in [6.45, 7) is 0. The molecular formula is C13H8ClFN4O2. The summed E-state index contributed by atoms with van der Waals surface area (Å²) in [7, 11) is 0. The first-order chi connectivity index (χ1) is 10.0. The first-order valence-electron chi connectivity index (χ1n) is 5.82. The average molecular weight is 307 g/mol. The fourth-order valence-electron chi connectivity index (χ4n) is 1.76. The zero-order chi connectivity index (χ0) is 15.0. The van der Waals surface area contributed by atoms with Gasteiger partial charge in [0.1, 0.15) is 17.0 Å². The van der Waals surface area contributed by atoms with Crippen LogP contribution in [0.5, 0.6) is 0 Å². The number of rotatable bonds is 2. The van der Waals surface area contributed by atoms with Gasteiger partial charge in [-0.05, 0) is 24.3 Å². The van der Waals surface area contributed by atoms with E-state index in [-0.39, 0.29) is 28.4 Å². The van der Waals surface area contributed by atoms with Gasteiger partial charge in [-0.25, -0.2) is 9.97 Å². The minimum absolute atomic E-state index is 0.0315. The number of fused-ring (bicyclic) bond motifs is 1. The van der Waals surface area contributed by atoms with Crippen molar-refractivity contribution in [3.8, 4) is 0 Å². The highest BCUT2D eigenvalue weighted by Crippen LogP contribution is 2.27. The van der Waals surface area contributed by atoms with Crippen LogP contribution in [0, 0.1) is 5.95 Å². The molecule has 106 valence electrons. The van der Waals surface area contributed by atoms with E-state index in [4.69, 9.17) is 21.8 Å². The molecule has 3 aromatic heterocycles. The van der Waals surface area contributed by atoms with Crippen molar-refractivity contribution in [3.63, 3.8) is 0 Å². The molecule has 0 fully saturated rings. The van der Waals surface area contributed by atoms with Gasteiger partial charge in [-0.15, -0.1) is 0 Å². The van der Waals surface area contributed by atoms with Crippen LogP contribution in [-0.4, -0.2) is 15.9 Å². The monoisotopic (exact) mass is 306 g/mol. The molecule has 1 amide bonds. The third kappa shape index (κ3) is 2.50. The number of nitrogens with zero attached hydrogens (tertiary/aromatic N) is 2. The van der Waals surface area contributed by atoms with Crippen molar-refractivity contribution in [2.45, 2.75) is 0 Å². The molecule has 0 unspecified atom stereocenters. The first-order valence-corrected chi connectivity index (χ1v) is 6.20. The maximum atomic E-state index is 13.1. The SMILES string of the molecule is Nc1c(C(=O)Nc2ccc(Cl)cn2)oc2ccc(F)nc12. The summed E-state index contributed by atoms with van der Waals surface area (Å²) in [5.41, 5.74) is 6.06. The van der Waals surface area contributed by atoms with Crippen LogP contribution < -0.4 is 11.1 Å². The van der Waals surface area contributed by atoms with E-state index in [9.17, 15) is 9.18 Å². The molecule has 0 radical (unpaired) electrons. The molecular weight excluding hydrogens is 299 g/mol. The van der Waals surface area contributed by atoms with E-state index in [0.717, 1.165) is 6.07 Å². The molecule has 0 saturated heterocycles. The average Bonchev–Trinajstić information content (AvgIpc) is 2.79. The zero-order valence-corrected chi connectivity index (χ0v) is 11.2. The van der Waals surface area contributed by atoms with Crippen molar-refractivity contribution in [3.05, 3.63) is 47.2 Å². The van der Waals surface area contributed by atoms with Gasteiger partial charge in [0.25, 0.3) is 5.91 Å². The summed E-state index contributed by atoms with van der Waals surface area (Å²) in [6.07, 6.45) is 1.39. The number of aromatic nitrogens is 2. The number of amides is 1. The van der Waals surface area contributed by atoms with Crippen molar-refractivity contribution < 1.29 is 13.6 Å². The molecule has 3 aromatic rings. The second kappa shape index (κ2) is 5.02. The molecule has 0 saturated carbocycles. The van der Waals surface area contributed by atoms with Gasteiger partial charge in [-0.3, -0.25) is 4.79 Å². The second-order valence-corrected chi connectivity index (χ2v) is 4.58. The summed E-state index contributed by atoms with van der Waals surface area (Å²) in [4.78, 5) is 19.6. The van der Waals surface area contributed by atoms with Crippen LogP contribution in [0.25, 0.3) is 11.1 Å². The number of halogens is 2. The Morgan fingerprint density at radius 1 is 1.33 bits per heavy atom. The molecule has 0 atom stereocenters. The van der Waals surface area contributed by atoms with E-state index >= 15 is 0 Å². The summed E-state index contributed by atoms with van der Waals surface area (Å²) in [5.74, 6) is -1.19. The van der Waals surface area contributed by atoms with E-state index < -0.39 is 11.9 Å². The lowest BCUT2D eigenvalue weighted by atomic mass is 10.3. The van der Waals surface area contributed by atoms with Gasteiger partial charge in [0.2, 0.25) is 11.7 Å². The Morgan fingerprint density at radius 2 is 2.14 bits per heavy atom. The molecule has 3 rings (SSSR count). The molecule has 21 heavy (non-hydrogen) atoms. The molecule has 3 heterocycles. The van der Waals surface area contributed by atoms with Gasteiger partial charge in [0, 0.05) is 6.20 Å². The molecule has 0 aliphatic rings. The number of carbonyl (C=O) groups excluding carboxylic acids is 1. The Morgan fingerprint density at radius 3 is 2.86 bits per heavy atom. The first kappa shape index (κ1) is 13.3. The predicted molar refractivity (Wildman–Crippen MR) is 75.6 cm³/mol. The number of hydrogen-bond acceptors (Lipinski definition) is 5. The van der Waals surface area contributed by atoms with Crippen LogP contribution in [0.4, 0.5) is 15.9 Å². The second-order valence-electron chi connectivity index (χ2n) is 4.14. The number of nitrogen functional groups attached to an aromatic ring is 1. The largest absolute Gasteiger partial charge is 0.447 e. The van der Waals surface area contributed by atoms with E-state index in [1.807, 2.05) is 0 Å². The van der Waals surface area contributed by atoms with Crippen molar-refractivity contribution in [2.24, 2.45) is 0 Å². The van der Waals surface area contributed by atoms with E-state index in [1.165, 1.54) is 18.3 Å². The van der Waals surface area contributed by atoms with E-state index in [2.05, 4.69) is 15.3 Å². The van der Waals surface area contributed by atoms with Crippen molar-refractivity contribution >= 4 is 40.1 Å². The zero-order valence-electron chi connectivity index (χ0n) is 10.4. The quantitative estimate of drug-likeness (QED) is 0.710. The smallest absolute Gasteiger partial charge is 0.294 e. The minimum Gasteiger partial charge on any atom is -0.447 e. The van der Waals surface area contributed by atoms with Gasteiger partial charge >= 0.3 is 0 Å². The van der Waals surface area contributed by atoms with E-state index in [0.29, 0.717) is 5.02 Å². The van der Waals surface area contributed by atoms with Crippen molar-refractivity contribution in [1.29, 1.82) is 0 Å². The van der Waals surface area contributed by atoms with Crippen LogP contribution in [0.1, 0.15) is 10.6 Å². The molecule has 0 spiro atoms. The topological polar surface area (TPSA) is 94.0 Å². The van der Waals surface area contributed by atoms with Crippen LogP contribution in [0.2, 0.25) is 5.02 Å². The minimum atomic E-state index is -0.707. The molecule has 0 aromatic carbocycles. The van der Waals surface area contributed by atoms with Gasteiger partial charge in [-0.2, -0.15) is 4.39 Å². The highest BCUT2D eigenvalue weighted by atomic mass is 35.5. The summed E-state index contributed by atoms with van der Waals surface area (Å²) in [5, 5.41) is 2.94. The lowest BCUT2D eigenvalue weighted by Gasteiger charge is -2.02. The third-order valence-corrected chi connectivity index (χ3v) is 2.93. The molecule has 3 N–H and O–H groups in total. The number of nitrogens with two attached hydrogens (primary N) is 1. The normalized spacial score (nSPS) is 10.8.